The molecule has 0 amide bonds. The molecule has 1 aromatic heterocycles. The molecule has 0 unspecified atom stereocenters. The summed E-state index contributed by atoms with van der Waals surface area (Å²) in [5.41, 5.74) is 0.0316. The SMILES string of the molecule is CCOC(=O)C(C)(C)c1csc(NCCCOC)n1. The fourth-order valence-corrected chi connectivity index (χ4v) is 2.38. The number of anilines is 1. The molecule has 5 nitrogen and oxygen atoms in total. The van der Waals surface area contributed by atoms with Gasteiger partial charge in [-0.15, -0.1) is 11.3 Å². The van der Waals surface area contributed by atoms with Crippen LogP contribution in [0.25, 0.3) is 0 Å². The molecular weight excluding hydrogens is 264 g/mol. The highest BCUT2D eigenvalue weighted by Gasteiger charge is 2.33. The molecule has 0 bridgehead atoms. The van der Waals surface area contributed by atoms with Crippen LogP contribution < -0.4 is 5.32 Å². The molecule has 0 spiro atoms. The molecule has 0 radical (unpaired) electrons. The van der Waals surface area contributed by atoms with Crippen molar-refractivity contribution in [2.24, 2.45) is 0 Å². The molecule has 1 heterocycles. The van der Waals surface area contributed by atoms with Gasteiger partial charge in [0, 0.05) is 25.6 Å². The van der Waals surface area contributed by atoms with Crippen molar-refractivity contribution in [3.05, 3.63) is 11.1 Å². The van der Waals surface area contributed by atoms with Crippen LogP contribution in [0.2, 0.25) is 0 Å². The van der Waals surface area contributed by atoms with Crippen LogP contribution in [0.5, 0.6) is 0 Å². The highest BCUT2D eigenvalue weighted by Crippen LogP contribution is 2.28. The molecule has 0 saturated carbocycles. The summed E-state index contributed by atoms with van der Waals surface area (Å²) in [7, 11) is 1.68. The van der Waals surface area contributed by atoms with Crippen molar-refractivity contribution in [3.8, 4) is 0 Å². The monoisotopic (exact) mass is 286 g/mol. The Morgan fingerprint density at radius 3 is 2.89 bits per heavy atom. The average molecular weight is 286 g/mol. The van der Waals surface area contributed by atoms with Gasteiger partial charge in [-0.1, -0.05) is 0 Å². The quantitative estimate of drug-likeness (QED) is 0.587. The van der Waals surface area contributed by atoms with E-state index in [0.29, 0.717) is 6.61 Å². The lowest BCUT2D eigenvalue weighted by Gasteiger charge is -2.19. The Hall–Kier alpha value is -1.14. The van der Waals surface area contributed by atoms with Crippen LogP contribution in [0.3, 0.4) is 0 Å². The minimum absolute atomic E-state index is 0.244. The molecule has 1 N–H and O–H groups in total. The summed E-state index contributed by atoms with van der Waals surface area (Å²) in [6.45, 7) is 7.37. The first-order valence-corrected chi connectivity index (χ1v) is 7.26. The van der Waals surface area contributed by atoms with Crippen LogP contribution in [0.1, 0.15) is 32.9 Å². The predicted octanol–water partition coefficient (Wildman–Crippen LogP) is 2.43. The number of rotatable bonds is 8. The number of methoxy groups -OCH3 is 1. The van der Waals surface area contributed by atoms with Gasteiger partial charge in [0.25, 0.3) is 0 Å². The maximum atomic E-state index is 11.9. The third-order valence-corrected chi connectivity index (χ3v) is 3.53. The molecule has 0 aliphatic heterocycles. The van der Waals surface area contributed by atoms with Crippen LogP contribution in [0.4, 0.5) is 5.13 Å². The number of hydrogen-bond donors (Lipinski definition) is 1. The molecule has 19 heavy (non-hydrogen) atoms. The molecule has 0 saturated heterocycles. The first-order chi connectivity index (χ1) is 9.02. The molecule has 1 aromatic rings. The number of thiazole rings is 1. The summed E-state index contributed by atoms with van der Waals surface area (Å²) < 4.78 is 10.1. The standard InChI is InChI=1S/C13H22N2O3S/c1-5-18-11(16)13(2,3)10-9-19-12(15-10)14-7-6-8-17-4/h9H,5-8H2,1-4H3,(H,14,15). The smallest absolute Gasteiger partial charge is 0.317 e. The van der Waals surface area contributed by atoms with E-state index in [-0.39, 0.29) is 5.97 Å². The number of nitrogens with one attached hydrogen (secondary N) is 1. The lowest BCUT2D eigenvalue weighted by Crippen LogP contribution is -2.31. The minimum atomic E-state index is -0.709. The molecule has 0 aromatic carbocycles. The Labute approximate surface area is 118 Å². The van der Waals surface area contributed by atoms with Crippen molar-refractivity contribution >= 4 is 22.4 Å². The van der Waals surface area contributed by atoms with Gasteiger partial charge in [-0.25, -0.2) is 4.98 Å². The molecule has 0 atom stereocenters. The van der Waals surface area contributed by atoms with Gasteiger partial charge in [-0.05, 0) is 27.2 Å². The van der Waals surface area contributed by atoms with E-state index >= 15 is 0 Å². The summed E-state index contributed by atoms with van der Waals surface area (Å²) in [5.74, 6) is -0.244. The number of ether oxygens (including phenoxy) is 2. The number of nitrogens with zero attached hydrogens (tertiary/aromatic N) is 1. The largest absolute Gasteiger partial charge is 0.465 e. The molecule has 6 heteroatoms. The lowest BCUT2D eigenvalue weighted by atomic mass is 9.90. The van der Waals surface area contributed by atoms with E-state index < -0.39 is 5.41 Å². The van der Waals surface area contributed by atoms with E-state index in [1.165, 1.54) is 11.3 Å². The summed E-state index contributed by atoms with van der Waals surface area (Å²) in [6.07, 6.45) is 0.923. The van der Waals surface area contributed by atoms with E-state index in [2.05, 4.69) is 10.3 Å². The van der Waals surface area contributed by atoms with E-state index in [0.717, 1.165) is 30.4 Å². The number of carbonyl (C=O) groups is 1. The zero-order chi connectivity index (χ0) is 14.3. The van der Waals surface area contributed by atoms with Crippen LogP contribution in [0, 0.1) is 0 Å². The van der Waals surface area contributed by atoms with Gasteiger partial charge in [-0.3, -0.25) is 4.79 Å². The zero-order valence-corrected chi connectivity index (χ0v) is 12.8. The third-order valence-electron chi connectivity index (χ3n) is 2.73. The first kappa shape index (κ1) is 15.9. The van der Waals surface area contributed by atoms with Crippen LogP contribution in [0.15, 0.2) is 5.38 Å². The van der Waals surface area contributed by atoms with Crippen molar-refractivity contribution in [1.29, 1.82) is 0 Å². The Balaban J connectivity index is 2.60. The molecule has 1 rings (SSSR count). The highest BCUT2D eigenvalue weighted by molar-refractivity contribution is 7.13. The fraction of sp³-hybridized carbons (Fsp3) is 0.692. The second-order valence-electron chi connectivity index (χ2n) is 4.66. The second-order valence-corrected chi connectivity index (χ2v) is 5.51. The van der Waals surface area contributed by atoms with Gasteiger partial charge in [0.15, 0.2) is 5.13 Å². The molecular formula is C13H22N2O3S. The van der Waals surface area contributed by atoms with E-state index in [9.17, 15) is 4.79 Å². The summed E-state index contributed by atoms with van der Waals surface area (Å²) >= 11 is 1.50. The molecule has 108 valence electrons. The van der Waals surface area contributed by atoms with E-state index in [1.807, 2.05) is 19.2 Å². The summed E-state index contributed by atoms with van der Waals surface area (Å²) in [5, 5.41) is 5.94. The minimum Gasteiger partial charge on any atom is -0.465 e. The number of hydrogen-bond acceptors (Lipinski definition) is 6. The van der Waals surface area contributed by atoms with Crippen molar-refractivity contribution in [2.45, 2.75) is 32.6 Å². The Morgan fingerprint density at radius 1 is 1.53 bits per heavy atom. The van der Waals surface area contributed by atoms with Gasteiger partial charge in [0.2, 0.25) is 0 Å². The fourth-order valence-electron chi connectivity index (χ4n) is 1.47. The Kier molecular flexibility index (Phi) is 6.24. The number of carbonyl (C=O) groups excluding carboxylic acids is 1. The topological polar surface area (TPSA) is 60.5 Å². The average Bonchev–Trinajstić information content (AvgIpc) is 2.84. The number of aromatic nitrogens is 1. The highest BCUT2D eigenvalue weighted by atomic mass is 32.1. The Bertz CT molecular complexity index is 404. The third kappa shape index (κ3) is 4.47. The van der Waals surface area contributed by atoms with Gasteiger partial charge in [0.05, 0.1) is 12.3 Å². The van der Waals surface area contributed by atoms with Crippen molar-refractivity contribution < 1.29 is 14.3 Å². The molecule has 0 aliphatic carbocycles. The normalized spacial score (nSPS) is 11.4. The maximum absolute atomic E-state index is 11.9. The maximum Gasteiger partial charge on any atom is 0.317 e. The zero-order valence-electron chi connectivity index (χ0n) is 12.0. The number of esters is 1. The van der Waals surface area contributed by atoms with Gasteiger partial charge < -0.3 is 14.8 Å². The van der Waals surface area contributed by atoms with Crippen molar-refractivity contribution in [3.63, 3.8) is 0 Å². The van der Waals surface area contributed by atoms with Crippen LogP contribution in [-0.4, -0.2) is 37.8 Å². The van der Waals surface area contributed by atoms with E-state index in [1.54, 1.807) is 14.0 Å². The Morgan fingerprint density at radius 2 is 2.26 bits per heavy atom. The van der Waals surface area contributed by atoms with Gasteiger partial charge in [-0.2, -0.15) is 0 Å². The first-order valence-electron chi connectivity index (χ1n) is 6.38. The van der Waals surface area contributed by atoms with E-state index in [4.69, 9.17) is 9.47 Å². The predicted molar refractivity (Wildman–Crippen MR) is 76.8 cm³/mol. The molecule has 0 fully saturated rings. The second kappa shape index (κ2) is 7.45. The molecule has 0 aliphatic rings. The van der Waals surface area contributed by atoms with Crippen LogP contribution >= 0.6 is 11.3 Å². The van der Waals surface area contributed by atoms with Crippen LogP contribution in [-0.2, 0) is 19.7 Å². The summed E-state index contributed by atoms with van der Waals surface area (Å²) in [6, 6.07) is 0. The van der Waals surface area contributed by atoms with Gasteiger partial charge in [0.1, 0.15) is 5.41 Å². The lowest BCUT2D eigenvalue weighted by molar-refractivity contribution is -0.148. The van der Waals surface area contributed by atoms with Crippen molar-refractivity contribution in [2.75, 3.05) is 32.2 Å². The van der Waals surface area contributed by atoms with Gasteiger partial charge >= 0.3 is 5.97 Å². The van der Waals surface area contributed by atoms with Crippen molar-refractivity contribution in [1.82, 2.24) is 4.98 Å². The summed E-state index contributed by atoms with van der Waals surface area (Å²) in [4.78, 5) is 16.3.